The third-order valence-electron chi connectivity index (χ3n) is 8.82. The molecule has 20 heavy (non-hydrogen) atoms. The van der Waals surface area contributed by atoms with E-state index in [-0.39, 0.29) is 6.10 Å². The largest absolute Gasteiger partial charge is 0.393 e. The lowest BCUT2D eigenvalue weighted by molar-refractivity contribution is -0.0270. The van der Waals surface area contributed by atoms with Crippen molar-refractivity contribution in [2.75, 3.05) is 0 Å². The minimum Gasteiger partial charge on any atom is -0.393 e. The van der Waals surface area contributed by atoms with Crippen LogP contribution in [0.4, 0.5) is 0 Å². The Labute approximate surface area is 124 Å². The van der Waals surface area contributed by atoms with Crippen molar-refractivity contribution < 1.29 is 5.11 Å². The molecule has 4 saturated carbocycles. The Morgan fingerprint density at radius 3 is 2.35 bits per heavy atom. The zero-order valence-electron chi connectivity index (χ0n) is 13.6. The molecule has 0 heterocycles. The van der Waals surface area contributed by atoms with Gasteiger partial charge in [0.15, 0.2) is 0 Å². The van der Waals surface area contributed by atoms with Crippen LogP contribution in [-0.2, 0) is 0 Å². The fraction of sp³-hybridized carbons (Fsp3) is 1.00. The lowest BCUT2D eigenvalue weighted by atomic mass is 9.55. The minimum atomic E-state index is 0.00196. The van der Waals surface area contributed by atoms with Gasteiger partial charge in [-0.05, 0) is 91.8 Å². The van der Waals surface area contributed by atoms with E-state index in [0.717, 1.165) is 42.4 Å². The highest BCUT2D eigenvalue weighted by Crippen LogP contribution is 2.69. The number of aliphatic hydroxyl groups is 1. The summed E-state index contributed by atoms with van der Waals surface area (Å²) in [4.78, 5) is 0. The molecule has 0 aromatic heterocycles. The van der Waals surface area contributed by atoms with E-state index < -0.39 is 0 Å². The molecule has 114 valence electrons. The van der Waals surface area contributed by atoms with Crippen LogP contribution in [0.5, 0.6) is 0 Å². The molecule has 4 aliphatic carbocycles. The van der Waals surface area contributed by atoms with Crippen molar-refractivity contribution in [3.8, 4) is 0 Å². The van der Waals surface area contributed by atoms with Gasteiger partial charge in [-0.25, -0.2) is 0 Å². The number of hydrogen-bond donors (Lipinski definition) is 1. The van der Waals surface area contributed by atoms with Gasteiger partial charge in [0.05, 0.1) is 6.10 Å². The van der Waals surface area contributed by atoms with Gasteiger partial charge in [0.25, 0.3) is 0 Å². The highest BCUT2D eigenvalue weighted by atomic mass is 16.3. The Bertz CT molecular complexity index is 405. The molecule has 0 unspecified atom stereocenters. The average Bonchev–Trinajstić information content (AvgIpc) is 2.86. The topological polar surface area (TPSA) is 20.2 Å². The third kappa shape index (κ3) is 1.59. The van der Waals surface area contributed by atoms with Gasteiger partial charge in [-0.2, -0.15) is 0 Å². The van der Waals surface area contributed by atoms with Crippen molar-refractivity contribution in [1.29, 1.82) is 0 Å². The molecule has 0 saturated heterocycles. The Morgan fingerprint density at radius 2 is 1.55 bits per heavy atom. The van der Waals surface area contributed by atoms with E-state index in [1.165, 1.54) is 38.5 Å². The van der Waals surface area contributed by atoms with Crippen molar-refractivity contribution in [2.45, 2.75) is 78.2 Å². The lowest BCUT2D eigenvalue weighted by Gasteiger charge is -2.50. The van der Waals surface area contributed by atoms with Gasteiger partial charge in [-0.15, -0.1) is 0 Å². The SMILES string of the molecule is C[C@@H]1CC[C@H]2[C@@H]3C[C@H]4C[C@@H](O)CC[C@]4(C)[C@H]3CC[C@]12C. The maximum absolute atomic E-state index is 10.1. The molecule has 1 heteroatoms. The van der Waals surface area contributed by atoms with Crippen LogP contribution in [0.3, 0.4) is 0 Å². The Balaban J connectivity index is 1.65. The number of rotatable bonds is 0. The summed E-state index contributed by atoms with van der Waals surface area (Å²) in [6, 6.07) is 0. The molecule has 0 spiro atoms. The van der Waals surface area contributed by atoms with E-state index in [9.17, 15) is 5.11 Å². The van der Waals surface area contributed by atoms with E-state index in [2.05, 4.69) is 20.8 Å². The minimum absolute atomic E-state index is 0.00196. The van der Waals surface area contributed by atoms with Gasteiger partial charge < -0.3 is 5.11 Å². The fourth-order valence-corrected chi connectivity index (χ4v) is 7.28. The molecular formula is C19H32O. The van der Waals surface area contributed by atoms with Crippen LogP contribution in [0.2, 0.25) is 0 Å². The van der Waals surface area contributed by atoms with E-state index in [4.69, 9.17) is 0 Å². The molecule has 0 aromatic carbocycles. The lowest BCUT2D eigenvalue weighted by Crippen LogP contribution is -2.43. The smallest absolute Gasteiger partial charge is 0.0543 e. The molecule has 4 aliphatic rings. The Hall–Kier alpha value is -0.0400. The van der Waals surface area contributed by atoms with Crippen molar-refractivity contribution >= 4 is 0 Å². The first-order valence-corrected chi connectivity index (χ1v) is 9.13. The average molecular weight is 276 g/mol. The maximum Gasteiger partial charge on any atom is 0.0543 e. The van der Waals surface area contributed by atoms with Crippen molar-refractivity contribution in [2.24, 2.45) is 40.4 Å². The summed E-state index contributed by atoms with van der Waals surface area (Å²) in [5.74, 6) is 4.71. The standard InChI is InChI=1S/C19H32O/c1-12-4-5-16-15-11-13-10-14(20)6-8-19(13,3)17(15)7-9-18(12,16)2/h12-17,20H,4-11H2,1-3H3/t12-,13-,14+,15+,16+,17+,18-,19+/m1/s1. The van der Waals surface area contributed by atoms with E-state index in [0.29, 0.717) is 10.8 Å². The summed E-state index contributed by atoms with van der Waals surface area (Å²) in [5.41, 5.74) is 1.21. The van der Waals surface area contributed by atoms with Crippen LogP contribution in [0.15, 0.2) is 0 Å². The molecule has 4 fully saturated rings. The second-order valence-electron chi connectivity index (χ2n) is 9.27. The van der Waals surface area contributed by atoms with Crippen LogP contribution in [0.25, 0.3) is 0 Å². The normalized spacial score (nSPS) is 61.8. The molecule has 8 atom stereocenters. The quantitative estimate of drug-likeness (QED) is 0.683. The second-order valence-corrected chi connectivity index (χ2v) is 9.27. The number of aliphatic hydroxyl groups excluding tert-OH is 1. The van der Waals surface area contributed by atoms with Gasteiger partial charge in [-0.3, -0.25) is 0 Å². The zero-order valence-corrected chi connectivity index (χ0v) is 13.6. The highest BCUT2D eigenvalue weighted by molar-refractivity contribution is 5.10. The molecule has 0 bridgehead atoms. The van der Waals surface area contributed by atoms with Crippen molar-refractivity contribution in [1.82, 2.24) is 0 Å². The Kier molecular flexibility index (Phi) is 2.89. The maximum atomic E-state index is 10.1. The molecule has 0 aliphatic heterocycles. The summed E-state index contributed by atoms with van der Waals surface area (Å²) in [6.45, 7) is 7.69. The van der Waals surface area contributed by atoms with Crippen LogP contribution in [0.1, 0.15) is 72.1 Å². The summed E-state index contributed by atoms with van der Waals surface area (Å²) in [7, 11) is 0. The van der Waals surface area contributed by atoms with Crippen LogP contribution < -0.4 is 0 Å². The van der Waals surface area contributed by atoms with Crippen LogP contribution in [-0.4, -0.2) is 11.2 Å². The predicted octanol–water partition coefficient (Wildman–Crippen LogP) is 4.64. The van der Waals surface area contributed by atoms with Crippen molar-refractivity contribution in [3.63, 3.8) is 0 Å². The van der Waals surface area contributed by atoms with Crippen molar-refractivity contribution in [3.05, 3.63) is 0 Å². The van der Waals surface area contributed by atoms with Crippen LogP contribution >= 0.6 is 0 Å². The first kappa shape index (κ1) is 13.6. The summed E-state index contributed by atoms with van der Waals surface area (Å²) >= 11 is 0. The molecule has 1 nitrogen and oxygen atoms in total. The molecule has 0 radical (unpaired) electrons. The highest BCUT2D eigenvalue weighted by Gasteiger charge is 2.61. The van der Waals surface area contributed by atoms with Gasteiger partial charge >= 0.3 is 0 Å². The summed E-state index contributed by atoms with van der Waals surface area (Å²) < 4.78 is 0. The van der Waals surface area contributed by atoms with Gasteiger partial charge in [0.2, 0.25) is 0 Å². The first-order valence-electron chi connectivity index (χ1n) is 9.13. The molecular weight excluding hydrogens is 244 g/mol. The van der Waals surface area contributed by atoms with Gasteiger partial charge in [-0.1, -0.05) is 20.8 Å². The zero-order chi connectivity index (χ0) is 14.1. The third-order valence-corrected chi connectivity index (χ3v) is 8.82. The predicted molar refractivity (Wildman–Crippen MR) is 82.3 cm³/mol. The van der Waals surface area contributed by atoms with Gasteiger partial charge in [0.1, 0.15) is 0 Å². The summed E-state index contributed by atoms with van der Waals surface area (Å²) in [5, 5.41) is 10.1. The number of hydrogen-bond acceptors (Lipinski definition) is 1. The van der Waals surface area contributed by atoms with E-state index in [1.54, 1.807) is 0 Å². The molecule has 1 N–H and O–H groups in total. The van der Waals surface area contributed by atoms with Crippen LogP contribution in [0, 0.1) is 40.4 Å². The Morgan fingerprint density at radius 1 is 0.850 bits per heavy atom. The molecule has 4 rings (SSSR count). The summed E-state index contributed by atoms with van der Waals surface area (Å²) in [6.07, 6.45) is 10.8. The fourth-order valence-electron chi connectivity index (χ4n) is 7.28. The number of fused-ring (bicyclic) bond motifs is 5. The second kappa shape index (κ2) is 4.24. The van der Waals surface area contributed by atoms with E-state index in [1.807, 2.05) is 0 Å². The van der Waals surface area contributed by atoms with Gasteiger partial charge in [0, 0.05) is 0 Å². The molecule has 0 aromatic rings. The monoisotopic (exact) mass is 276 g/mol. The first-order chi connectivity index (χ1) is 9.45. The molecule has 0 amide bonds. The van der Waals surface area contributed by atoms with E-state index >= 15 is 0 Å².